The molecule has 2 aromatic rings. The van der Waals surface area contributed by atoms with Gasteiger partial charge < -0.3 is 4.74 Å². The summed E-state index contributed by atoms with van der Waals surface area (Å²) in [5, 5.41) is 0. The summed E-state index contributed by atoms with van der Waals surface area (Å²) in [5.74, 6) is -3.84. The van der Waals surface area contributed by atoms with Crippen molar-refractivity contribution < 1.29 is 27.1 Å². The lowest BCUT2D eigenvalue weighted by atomic mass is 10.2. The zero-order valence-corrected chi connectivity index (χ0v) is 18.6. The maximum Gasteiger partial charge on any atom is 0.346 e. The molecule has 0 aliphatic carbocycles. The van der Waals surface area contributed by atoms with Crippen LogP contribution in [0.15, 0.2) is 45.1 Å². The molecule has 0 spiro atoms. The van der Waals surface area contributed by atoms with Gasteiger partial charge in [-0.2, -0.15) is 8.96 Å². The van der Waals surface area contributed by atoms with E-state index in [0.29, 0.717) is 10.8 Å². The number of esters is 1. The van der Waals surface area contributed by atoms with E-state index < -0.39 is 57.5 Å². The van der Waals surface area contributed by atoms with Crippen LogP contribution in [0, 0.1) is 24.6 Å². The maximum atomic E-state index is 14.9. The smallest absolute Gasteiger partial charge is 0.346 e. The van der Waals surface area contributed by atoms with Gasteiger partial charge in [-0.25, -0.2) is 22.2 Å². The zero-order chi connectivity index (χ0) is 23.5. The van der Waals surface area contributed by atoms with Gasteiger partial charge in [0.15, 0.2) is 18.0 Å². The van der Waals surface area contributed by atoms with E-state index in [2.05, 4.69) is 4.99 Å². The van der Waals surface area contributed by atoms with E-state index in [0.717, 1.165) is 5.56 Å². The molecule has 0 fully saturated rings. The number of rotatable bonds is 6. The van der Waals surface area contributed by atoms with Crippen LogP contribution in [0.5, 0.6) is 0 Å². The quantitative estimate of drug-likeness (QED) is 0.613. The SMILES string of the molecule is Cc1ccc(S(=O)(=O)n2cc(F)c(=NC(=O)C(C)C)n(COC(=O)C(C)C)c2=O)cc1. The van der Waals surface area contributed by atoms with Crippen molar-refractivity contribution >= 4 is 21.9 Å². The summed E-state index contributed by atoms with van der Waals surface area (Å²) >= 11 is 0. The van der Waals surface area contributed by atoms with Crippen LogP contribution in [-0.4, -0.2) is 28.8 Å². The molecule has 0 saturated heterocycles. The van der Waals surface area contributed by atoms with Crippen LogP contribution in [0.25, 0.3) is 0 Å². The lowest BCUT2D eigenvalue weighted by Gasteiger charge is -2.14. The van der Waals surface area contributed by atoms with Gasteiger partial charge in [0.05, 0.1) is 17.0 Å². The second kappa shape index (κ2) is 9.38. The third-order valence-corrected chi connectivity index (χ3v) is 5.86. The first-order valence-corrected chi connectivity index (χ1v) is 10.9. The van der Waals surface area contributed by atoms with Gasteiger partial charge in [0.1, 0.15) is 0 Å². The molecule has 0 N–H and O–H groups in total. The Kier molecular flexibility index (Phi) is 7.32. The van der Waals surface area contributed by atoms with Crippen LogP contribution in [0.3, 0.4) is 0 Å². The average Bonchev–Trinajstić information content (AvgIpc) is 2.69. The Morgan fingerprint density at radius 2 is 1.68 bits per heavy atom. The first-order chi connectivity index (χ1) is 14.4. The normalized spacial score (nSPS) is 12.5. The van der Waals surface area contributed by atoms with Crippen molar-refractivity contribution in [2.75, 3.05) is 0 Å². The van der Waals surface area contributed by atoms with Crippen molar-refractivity contribution in [2.24, 2.45) is 16.8 Å². The second-order valence-corrected chi connectivity index (χ2v) is 9.29. The second-order valence-electron chi connectivity index (χ2n) is 7.48. The van der Waals surface area contributed by atoms with E-state index in [1.165, 1.54) is 38.1 Å². The molecule has 0 bridgehead atoms. The van der Waals surface area contributed by atoms with Crippen molar-refractivity contribution in [3.63, 3.8) is 0 Å². The topological polar surface area (TPSA) is 117 Å². The van der Waals surface area contributed by atoms with Crippen LogP contribution >= 0.6 is 0 Å². The Labute approximate surface area is 178 Å². The Balaban J connectivity index is 2.76. The summed E-state index contributed by atoms with van der Waals surface area (Å²) in [6.45, 7) is 7.08. The third-order valence-electron chi connectivity index (χ3n) is 4.21. The summed E-state index contributed by atoms with van der Waals surface area (Å²) in [6, 6.07) is 5.60. The van der Waals surface area contributed by atoms with E-state index in [9.17, 15) is 27.2 Å². The predicted octanol–water partition coefficient (Wildman–Crippen LogP) is 1.57. The van der Waals surface area contributed by atoms with E-state index in [-0.39, 0.29) is 8.87 Å². The van der Waals surface area contributed by atoms with Gasteiger partial charge >= 0.3 is 11.7 Å². The molecule has 0 atom stereocenters. The number of aryl methyl sites for hydroxylation is 1. The summed E-state index contributed by atoms with van der Waals surface area (Å²) < 4.78 is 46.4. The zero-order valence-electron chi connectivity index (χ0n) is 17.8. The fourth-order valence-electron chi connectivity index (χ4n) is 2.31. The van der Waals surface area contributed by atoms with E-state index >= 15 is 0 Å². The summed E-state index contributed by atoms with van der Waals surface area (Å²) in [7, 11) is -4.47. The van der Waals surface area contributed by atoms with Crippen molar-refractivity contribution in [1.29, 1.82) is 0 Å². The number of hydrogen-bond donors (Lipinski definition) is 0. The van der Waals surface area contributed by atoms with Gasteiger partial charge in [-0.1, -0.05) is 45.4 Å². The first-order valence-electron chi connectivity index (χ1n) is 9.45. The van der Waals surface area contributed by atoms with Gasteiger partial charge in [0.25, 0.3) is 10.0 Å². The molecular formula is C20H24FN3O6S. The number of nitrogens with zero attached hydrogens (tertiary/aromatic N) is 3. The maximum absolute atomic E-state index is 14.9. The molecule has 1 heterocycles. The minimum atomic E-state index is -4.47. The van der Waals surface area contributed by atoms with Crippen molar-refractivity contribution in [3.05, 3.63) is 57.8 Å². The van der Waals surface area contributed by atoms with Crippen molar-refractivity contribution in [1.82, 2.24) is 8.54 Å². The molecule has 0 unspecified atom stereocenters. The number of halogens is 1. The molecule has 2 rings (SSSR count). The highest BCUT2D eigenvalue weighted by Gasteiger charge is 2.23. The molecule has 11 heteroatoms. The molecule has 1 aromatic carbocycles. The molecule has 0 aliphatic rings. The number of aromatic nitrogens is 2. The van der Waals surface area contributed by atoms with Gasteiger partial charge in [-0.3, -0.25) is 9.59 Å². The Morgan fingerprint density at radius 1 is 1.10 bits per heavy atom. The van der Waals surface area contributed by atoms with Crippen LogP contribution < -0.4 is 11.2 Å². The molecule has 168 valence electrons. The molecular weight excluding hydrogens is 429 g/mol. The molecule has 9 nitrogen and oxygen atoms in total. The molecule has 0 aliphatic heterocycles. The minimum Gasteiger partial charge on any atom is -0.443 e. The van der Waals surface area contributed by atoms with E-state index in [1.807, 2.05) is 0 Å². The monoisotopic (exact) mass is 453 g/mol. The van der Waals surface area contributed by atoms with Gasteiger partial charge in [-0.15, -0.1) is 0 Å². The lowest BCUT2D eigenvalue weighted by molar-refractivity contribution is -0.151. The average molecular weight is 453 g/mol. The number of ether oxygens (including phenoxy) is 1. The molecule has 1 aromatic heterocycles. The van der Waals surface area contributed by atoms with E-state index in [4.69, 9.17) is 4.74 Å². The Hall–Kier alpha value is -3.08. The lowest BCUT2D eigenvalue weighted by Crippen LogP contribution is -2.45. The van der Waals surface area contributed by atoms with Crippen LogP contribution in [0.2, 0.25) is 0 Å². The van der Waals surface area contributed by atoms with Crippen LogP contribution in [0.1, 0.15) is 33.3 Å². The number of amides is 1. The first kappa shape index (κ1) is 24.2. The fourth-order valence-corrected chi connectivity index (χ4v) is 3.55. The number of benzene rings is 1. The van der Waals surface area contributed by atoms with Crippen molar-refractivity contribution in [2.45, 2.75) is 46.2 Å². The summed E-state index contributed by atoms with van der Waals surface area (Å²) in [5.41, 5.74) is -1.18. The van der Waals surface area contributed by atoms with Gasteiger partial charge in [0.2, 0.25) is 5.91 Å². The standard InChI is InChI=1S/C20H24FN3O6S/c1-12(2)18(25)22-17-16(21)10-24(20(27)23(17)11-30-19(26)13(3)4)31(28,29)15-8-6-14(5)7-9-15/h6-10,12-13H,11H2,1-5H3. The highest BCUT2D eigenvalue weighted by atomic mass is 32.2. The Bertz CT molecular complexity index is 1230. The Morgan fingerprint density at radius 3 is 2.19 bits per heavy atom. The van der Waals surface area contributed by atoms with Gasteiger partial charge in [-0.05, 0) is 19.1 Å². The molecule has 0 saturated carbocycles. The van der Waals surface area contributed by atoms with Gasteiger partial charge in [0, 0.05) is 5.92 Å². The molecule has 1 amide bonds. The predicted molar refractivity (Wildman–Crippen MR) is 109 cm³/mol. The third kappa shape index (κ3) is 5.35. The number of carbonyl (C=O) groups is 2. The molecule has 31 heavy (non-hydrogen) atoms. The number of carbonyl (C=O) groups excluding carboxylic acids is 2. The highest BCUT2D eigenvalue weighted by Crippen LogP contribution is 2.13. The number of hydrogen-bond acceptors (Lipinski definition) is 6. The highest BCUT2D eigenvalue weighted by molar-refractivity contribution is 7.90. The fraction of sp³-hybridized carbons (Fsp3) is 0.400. The summed E-state index contributed by atoms with van der Waals surface area (Å²) in [4.78, 5) is 40.2. The minimum absolute atomic E-state index is 0.190. The van der Waals surface area contributed by atoms with Crippen LogP contribution in [-0.2, 0) is 31.1 Å². The van der Waals surface area contributed by atoms with Crippen molar-refractivity contribution in [3.8, 4) is 0 Å². The molecule has 0 radical (unpaired) electrons. The van der Waals surface area contributed by atoms with Crippen LogP contribution in [0.4, 0.5) is 4.39 Å². The van der Waals surface area contributed by atoms with E-state index in [1.54, 1.807) is 20.8 Å². The summed E-state index contributed by atoms with van der Waals surface area (Å²) in [6.07, 6.45) is 0.449. The largest absolute Gasteiger partial charge is 0.443 e.